The van der Waals surface area contributed by atoms with Gasteiger partial charge in [0, 0.05) is 26.3 Å². The number of non-ortho nitro benzene ring substituents is 1. The zero-order valence-electron chi connectivity index (χ0n) is 10.3. The first kappa shape index (κ1) is 17.5. The molecule has 0 saturated carbocycles. The van der Waals surface area contributed by atoms with Gasteiger partial charge in [0.25, 0.3) is 5.69 Å². The summed E-state index contributed by atoms with van der Waals surface area (Å²) in [4.78, 5) is 10.4. The lowest BCUT2D eigenvalue weighted by atomic mass is 10.2. The minimum absolute atomic E-state index is 0.00463. The molecule has 21 heavy (non-hydrogen) atoms. The number of benzene rings is 2. The van der Waals surface area contributed by atoms with Crippen molar-refractivity contribution in [3.05, 3.63) is 61.7 Å². The van der Waals surface area contributed by atoms with Crippen molar-refractivity contribution < 1.29 is 9.66 Å². The molecule has 0 heterocycles. The van der Waals surface area contributed by atoms with Gasteiger partial charge in [0.1, 0.15) is 12.4 Å². The summed E-state index contributed by atoms with van der Waals surface area (Å²) in [5, 5.41) is 11.3. The summed E-state index contributed by atoms with van der Waals surface area (Å²) < 4.78 is 8.91. The van der Waals surface area contributed by atoms with Gasteiger partial charge < -0.3 is 4.74 Å². The molecule has 0 aliphatic heterocycles. The fourth-order valence-electron chi connectivity index (χ4n) is 1.60. The molecule has 0 amide bonds. The van der Waals surface area contributed by atoms with Crippen LogP contribution in [0.1, 0.15) is 5.56 Å². The molecule has 2 aromatic rings. The van der Waals surface area contributed by atoms with Gasteiger partial charge in [0.15, 0.2) is 0 Å². The van der Waals surface area contributed by atoms with Crippen LogP contribution >= 0.6 is 79.4 Å². The summed E-state index contributed by atoms with van der Waals surface area (Å²) in [5.74, 6) is 0.763. The molecule has 0 spiro atoms. The number of hydrogen-bond acceptors (Lipinski definition) is 3. The first-order valence-corrected chi connectivity index (χ1v) is 9.20. The Morgan fingerprint density at radius 1 is 1.14 bits per heavy atom. The third-order valence-corrected chi connectivity index (χ3v) is 5.17. The largest absolute Gasteiger partial charge is 0.487 e. The Kier molecular flexibility index (Phi) is 6.32. The van der Waals surface area contributed by atoms with Crippen molar-refractivity contribution >= 4 is 85.1 Å². The topological polar surface area (TPSA) is 52.4 Å². The molecule has 2 aromatic carbocycles. The van der Waals surface area contributed by atoms with E-state index in [1.165, 1.54) is 18.2 Å². The van der Waals surface area contributed by atoms with Crippen molar-refractivity contribution in [1.82, 2.24) is 0 Å². The highest BCUT2D eigenvalue weighted by atomic mass is 127. The summed E-state index contributed by atoms with van der Waals surface area (Å²) in [7, 11) is 0. The van der Waals surface area contributed by atoms with Gasteiger partial charge in [-0.15, -0.1) is 0 Å². The summed E-state index contributed by atoms with van der Waals surface area (Å²) in [5.41, 5.74) is 0.598. The van der Waals surface area contributed by atoms with E-state index in [2.05, 4.69) is 67.8 Å². The molecule has 8 heteroatoms. The van der Waals surface area contributed by atoms with E-state index < -0.39 is 4.92 Å². The van der Waals surface area contributed by atoms with Crippen LogP contribution in [0.2, 0.25) is 5.02 Å². The van der Waals surface area contributed by atoms with E-state index in [1.807, 2.05) is 12.1 Å². The minimum Gasteiger partial charge on any atom is -0.487 e. The highest BCUT2D eigenvalue weighted by molar-refractivity contribution is 14.1. The lowest BCUT2D eigenvalue weighted by molar-refractivity contribution is -0.384. The van der Waals surface area contributed by atoms with Crippen molar-refractivity contribution in [3.63, 3.8) is 0 Å². The lowest BCUT2D eigenvalue weighted by Crippen LogP contribution is -2.01. The van der Waals surface area contributed by atoms with E-state index in [1.54, 1.807) is 0 Å². The highest BCUT2D eigenvalue weighted by Crippen LogP contribution is 2.31. The van der Waals surface area contributed by atoms with Crippen LogP contribution in [0, 0.1) is 20.8 Å². The zero-order chi connectivity index (χ0) is 15.6. The standard InChI is InChI=1S/C13H7ClI3NO3/c14-10-2-1-9(18(19)20)3-7(10)6-21-13-11(16)4-8(15)5-12(13)17/h1-5H,6H2. The normalized spacial score (nSPS) is 10.5. The fourth-order valence-corrected chi connectivity index (χ4v) is 5.67. The number of halogens is 4. The number of nitrogens with zero attached hydrogens (tertiary/aromatic N) is 1. The molecule has 0 saturated heterocycles. The van der Waals surface area contributed by atoms with E-state index >= 15 is 0 Å². The molecular formula is C13H7ClI3NO3. The van der Waals surface area contributed by atoms with Crippen LogP contribution in [0.3, 0.4) is 0 Å². The molecule has 0 radical (unpaired) electrons. The van der Waals surface area contributed by atoms with Gasteiger partial charge in [-0.2, -0.15) is 0 Å². The number of ether oxygens (including phenoxy) is 1. The quantitative estimate of drug-likeness (QED) is 0.247. The first-order chi connectivity index (χ1) is 9.88. The number of nitro groups is 1. The summed E-state index contributed by atoms with van der Waals surface area (Å²) in [6.45, 7) is 0.188. The summed E-state index contributed by atoms with van der Waals surface area (Å²) >= 11 is 12.7. The second-order valence-electron chi connectivity index (χ2n) is 4.02. The van der Waals surface area contributed by atoms with Crippen LogP contribution in [-0.2, 0) is 6.61 Å². The lowest BCUT2D eigenvalue weighted by Gasteiger charge is -2.12. The van der Waals surface area contributed by atoms with Crippen LogP contribution < -0.4 is 4.74 Å². The molecule has 0 aliphatic carbocycles. The smallest absolute Gasteiger partial charge is 0.269 e. The molecule has 0 N–H and O–H groups in total. The molecular weight excluding hydrogens is 634 g/mol. The molecule has 4 nitrogen and oxygen atoms in total. The van der Waals surface area contributed by atoms with Gasteiger partial charge in [-0.1, -0.05) is 11.6 Å². The van der Waals surface area contributed by atoms with E-state index in [9.17, 15) is 10.1 Å². The highest BCUT2D eigenvalue weighted by Gasteiger charge is 2.13. The Morgan fingerprint density at radius 2 is 1.76 bits per heavy atom. The predicted octanol–water partition coefficient (Wildman–Crippen LogP) is 5.64. The Labute approximate surface area is 167 Å². The van der Waals surface area contributed by atoms with Crippen LogP contribution in [0.4, 0.5) is 5.69 Å². The average Bonchev–Trinajstić information content (AvgIpc) is 2.39. The second kappa shape index (κ2) is 7.59. The van der Waals surface area contributed by atoms with Crippen molar-refractivity contribution in [2.24, 2.45) is 0 Å². The van der Waals surface area contributed by atoms with Crippen LogP contribution in [-0.4, -0.2) is 4.92 Å². The van der Waals surface area contributed by atoms with Gasteiger partial charge >= 0.3 is 0 Å². The van der Waals surface area contributed by atoms with E-state index in [4.69, 9.17) is 16.3 Å². The maximum Gasteiger partial charge on any atom is 0.269 e. The van der Waals surface area contributed by atoms with Crippen LogP contribution in [0.25, 0.3) is 0 Å². The van der Waals surface area contributed by atoms with Gasteiger partial charge in [-0.25, -0.2) is 0 Å². The average molecular weight is 641 g/mol. The molecule has 0 fully saturated rings. The molecule has 0 unspecified atom stereocenters. The molecule has 0 atom stereocenters. The van der Waals surface area contributed by atoms with E-state index in [0.717, 1.165) is 16.5 Å². The van der Waals surface area contributed by atoms with Crippen LogP contribution in [0.15, 0.2) is 30.3 Å². The van der Waals surface area contributed by atoms with Gasteiger partial charge in [-0.3, -0.25) is 10.1 Å². The Hall–Kier alpha value is 0.120. The maximum absolute atomic E-state index is 10.8. The first-order valence-electron chi connectivity index (χ1n) is 5.58. The van der Waals surface area contributed by atoms with Gasteiger partial charge in [0.2, 0.25) is 0 Å². The number of rotatable bonds is 4. The van der Waals surface area contributed by atoms with Crippen molar-refractivity contribution in [3.8, 4) is 5.75 Å². The molecule has 0 bridgehead atoms. The van der Waals surface area contributed by atoms with Crippen LogP contribution in [0.5, 0.6) is 5.75 Å². The fraction of sp³-hybridized carbons (Fsp3) is 0.0769. The van der Waals surface area contributed by atoms with E-state index in [0.29, 0.717) is 10.6 Å². The SMILES string of the molecule is O=[N+]([O-])c1ccc(Cl)c(COc2c(I)cc(I)cc2I)c1. The zero-order valence-corrected chi connectivity index (χ0v) is 17.5. The second-order valence-corrected chi connectivity index (χ2v) is 8.00. The van der Waals surface area contributed by atoms with Crippen molar-refractivity contribution in [2.75, 3.05) is 0 Å². The Balaban J connectivity index is 2.24. The molecule has 110 valence electrons. The third kappa shape index (κ3) is 4.55. The molecule has 2 rings (SSSR count). The Bertz CT molecular complexity index is 686. The van der Waals surface area contributed by atoms with E-state index in [-0.39, 0.29) is 12.3 Å². The number of nitro benzene ring substituents is 1. The summed E-state index contributed by atoms with van der Waals surface area (Å²) in [6, 6.07) is 8.35. The number of hydrogen-bond donors (Lipinski definition) is 0. The maximum atomic E-state index is 10.8. The minimum atomic E-state index is -0.446. The third-order valence-electron chi connectivity index (χ3n) is 2.58. The van der Waals surface area contributed by atoms with Gasteiger partial charge in [0.05, 0.1) is 12.1 Å². The summed E-state index contributed by atoms with van der Waals surface area (Å²) in [6.07, 6.45) is 0. The van der Waals surface area contributed by atoms with Crippen molar-refractivity contribution in [1.29, 1.82) is 0 Å². The molecule has 0 aliphatic rings. The monoisotopic (exact) mass is 641 g/mol. The molecule has 0 aromatic heterocycles. The van der Waals surface area contributed by atoms with Crippen molar-refractivity contribution in [2.45, 2.75) is 6.61 Å². The Morgan fingerprint density at radius 3 is 2.33 bits per heavy atom. The predicted molar refractivity (Wildman–Crippen MR) is 107 cm³/mol. The van der Waals surface area contributed by atoms with Gasteiger partial charge in [-0.05, 0) is 86.0 Å².